The molecule has 158 valence electrons. The molecule has 0 atom stereocenters. The number of nitrogens with zero attached hydrogens (tertiary/aromatic N) is 3. The number of carboxylic acids is 1. The van der Waals surface area contributed by atoms with Crippen molar-refractivity contribution < 1.29 is 14.8 Å². The first-order valence-electron chi connectivity index (χ1n) is 9.32. The smallest absolute Gasteiger partial charge is 0.335 e. The van der Waals surface area contributed by atoms with Crippen molar-refractivity contribution in [1.29, 1.82) is 0 Å². The molecule has 4 rings (SSSR count). The van der Waals surface area contributed by atoms with E-state index in [1.807, 2.05) is 0 Å². The monoisotopic (exact) mass is 447 g/mol. The van der Waals surface area contributed by atoms with Crippen molar-refractivity contribution >= 4 is 46.3 Å². The zero-order valence-electron chi connectivity index (χ0n) is 16.3. The van der Waals surface area contributed by atoms with Crippen LogP contribution in [0.2, 0.25) is 5.02 Å². The SMILES string of the molecule is O=C(O)c1ccc(-n2c(/C=C/c3cccc([N+](=O)[O-])c3)nc3ccc(Cl)cc3c2=O)cc1. The largest absolute Gasteiger partial charge is 0.478 e. The Bertz CT molecular complexity index is 1460. The van der Waals surface area contributed by atoms with Crippen LogP contribution in [0, 0.1) is 10.1 Å². The second-order valence-electron chi connectivity index (χ2n) is 6.81. The Kier molecular flexibility index (Phi) is 5.53. The van der Waals surface area contributed by atoms with Gasteiger partial charge in [0.1, 0.15) is 5.82 Å². The van der Waals surface area contributed by atoms with Crippen LogP contribution in [-0.2, 0) is 0 Å². The molecule has 0 aliphatic heterocycles. The first-order chi connectivity index (χ1) is 15.3. The van der Waals surface area contributed by atoms with Crippen molar-refractivity contribution in [2.24, 2.45) is 0 Å². The van der Waals surface area contributed by atoms with Gasteiger partial charge < -0.3 is 5.11 Å². The highest BCUT2D eigenvalue weighted by Gasteiger charge is 2.13. The molecular weight excluding hydrogens is 434 g/mol. The van der Waals surface area contributed by atoms with E-state index in [0.29, 0.717) is 27.2 Å². The van der Waals surface area contributed by atoms with Gasteiger partial charge in [-0.3, -0.25) is 19.5 Å². The van der Waals surface area contributed by atoms with Gasteiger partial charge in [-0.1, -0.05) is 29.8 Å². The van der Waals surface area contributed by atoms with Crippen molar-refractivity contribution in [1.82, 2.24) is 9.55 Å². The van der Waals surface area contributed by atoms with Crippen molar-refractivity contribution in [3.8, 4) is 5.69 Å². The third-order valence-corrected chi connectivity index (χ3v) is 4.97. The van der Waals surface area contributed by atoms with E-state index >= 15 is 0 Å². The summed E-state index contributed by atoms with van der Waals surface area (Å²) in [5.74, 6) is -0.822. The van der Waals surface area contributed by atoms with Gasteiger partial charge in [0.25, 0.3) is 11.2 Å². The molecule has 0 spiro atoms. The van der Waals surface area contributed by atoms with E-state index in [0.717, 1.165) is 0 Å². The number of nitro benzene ring substituents is 1. The molecule has 1 aromatic heterocycles. The van der Waals surface area contributed by atoms with Crippen molar-refractivity contribution in [3.05, 3.63) is 109 Å². The van der Waals surface area contributed by atoms with Gasteiger partial charge in [-0.25, -0.2) is 9.78 Å². The summed E-state index contributed by atoms with van der Waals surface area (Å²) in [5.41, 5.74) is 1.02. The second-order valence-corrected chi connectivity index (χ2v) is 7.25. The minimum absolute atomic E-state index is 0.0603. The third kappa shape index (κ3) is 4.12. The maximum absolute atomic E-state index is 13.3. The second kappa shape index (κ2) is 8.44. The van der Waals surface area contributed by atoms with Gasteiger partial charge in [0, 0.05) is 17.2 Å². The fraction of sp³-hybridized carbons (Fsp3) is 0. The highest BCUT2D eigenvalue weighted by atomic mass is 35.5. The molecule has 0 saturated heterocycles. The van der Waals surface area contributed by atoms with Crippen molar-refractivity contribution in [2.45, 2.75) is 0 Å². The zero-order chi connectivity index (χ0) is 22.8. The molecule has 3 aromatic carbocycles. The summed E-state index contributed by atoms with van der Waals surface area (Å²) in [7, 11) is 0. The van der Waals surface area contributed by atoms with E-state index < -0.39 is 10.9 Å². The fourth-order valence-corrected chi connectivity index (χ4v) is 3.37. The Morgan fingerprint density at radius 2 is 1.81 bits per heavy atom. The van der Waals surface area contributed by atoms with E-state index in [1.54, 1.807) is 36.4 Å². The molecule has 0 saturated carbocycles. The number of rotatable bonds is 5. The Balaban J connectivity index is 1.90. The molecule has 0 bridgehead atoms. The number of halogens is 1. The average Bonchev–Trinajstić information content (AvgIpc) is 2.78. The number of fused-ring (bicyclic) bond motifs is 1. The van der Waals surface area contributed by atoms with Crippen molar-refractivity contribution in [3.63, 3.8) is 0 Å². The standard InChI is InChI=1S/C23H14ClN3O5/c24-16-7-10-20-19(13-16)22(28)26(17-8-5-15(6-9-17)23(29)30)21(25-20)11-4-14-2-1-3-18(12-14)27(31)32/h1-13H,(H,29,30)/b11-4+. The summed E-state index contributed by atoms with van der Waals surface area (Å²) in [6, 6.07) is 16.6. The minimum atomic E-state index is -1.09. The van der Waals surface area contributed by atoms with Crippen LogP contribution in [0.25, 0.3) is 28.7 Å². The summed E-state index contributed by atoms with van der Waals surface area (Å²) in [6.07, 6.45) is 3.18. The molecule has 0 aliphatic carbocycles. The minimum Gasteiger partial charge on any atom is -0.478 e. The normalized spacial score (nSPS) is 11.2. The summed E-state index contributed by atoms with van der Waals surface area (Å²) >= 11 is 6.06. The number of nitro groups is 1. The van der Waals surface area contributed by atoms with Gasteiger partial charge in [0.15, 0.2) is 0 Å². The van der Waals surface area contributed by atoms with Gasteiger partial charge in [-0.2, -0.15) is 0 Å². The number of benzene rings is 3. The molecule has 8 nitrogen and oxygen atoms in total. The number of non-ortho nitro benzene ring substituents is 1. The number of hydrogen-bond acceptors (Lipinski definition) is 5. The van der Waals surface area contributed by atoms with Gasteiger partial charge in [-0.05, 0) is 54.1 Å². The molecule has 4 aromatic rings. The molecule has 0 radical (unpaired) electrons. The topological polar surface area (TPSA) is 115 Å². The van der Waals surface area contributed by atoms with Gasteiger partial charge in [-0.15, -0.1) is 0 Å². The Morgan fingerprint density at radius 1 is 1.06 bits per heavy atom. The lowest BCUT2D eigenvalue weighted by Crippen LogP contribution is -2.22. The van der Waals surface area contributed by atoms with Gasteiger partial charge >= 0.3 is 5.97 Å². The van der Waals surface area contributed by atoms with Crippen LogP contribution >= 0.6 is 11.6 Å². The Hall–Kier alpha value is -4.30. The molecule has 1 heterocycles. The molecule has 0 fully saturated rings. The number of carboxylic acid groups (broad SMARTS) is 1. The lowest BCUT2D eigenvalue weighted by molar-refractivity contribution is -0.384. The van der Waals surface area contributed by atoms with E-state index in [1.165, 1.54) is 47.0 Å². The maximum atomic E-state index is 13.3. The van der Waals surface area contributed by atoms with Crippen LogP contribution in [0.1, 0.15) is 21.7 Å². The van der Waals surface area contributed by atoms with Crippen LogP contribution in [-0.4, -0.2) is 25.6 Å². The summed E-state index contributed by atoms with van der Waals surface area (Å²) in [6.45, 7) is 0. The number of aromatic carboxylic acids is 1. The number of carbonyl (C=O) groups is 1. The molecule has 1 N–H and O–H groups in total. The van der Waals surface area contributed by atoms with Crippen LogP contribution in [0.4, 0.5) is 5.69 Å². The lowest BCUT2D eigenvalue weighted by Gasteiger charge is -2.12. The van der Waals surface area contributed by atoms with E-state index in [2.05, 4.69) is 4.98 Å². The summed E-state index contributed by atoms with van der Waals surface area (Å²) in [4.78, 5) is 39.6. The molecule has 0 unspecified atom stereocenters. The van der Waals surface area contributed by atoms with Crippen LogP contribution in [0.5, 0.6) is 0 Å². The molecule has 0 amide bonds. The molecule has 32 heavy (non-hydrogen) atoms. The number of hydrogen-bond donors (Lipinski definition) is 1. The highest BCUT2D eigenvalue weighted by molar-refractivity contribution is 6.31. The van der Waals surface area contributed by atoms with Gasteiger partial charge in [0.2, 0.25) is 0 Å². The van der Waals surface area contributed by atoms with Gasteiger partial charge in [0.05, 0.1) is 27.1 Å². The maximum Gasteiger partial charge on any atom is 0.335 e. The van der Waals surface area contributed by atoms with Crippen molar-refractivity contribution in [2.75, 3.05) is 0 Å². The van der Waals surface area contributed by atoms with Crippen LogP contribution in [0.3, 0.4) is 0 Å². The first kappa shape index (κ1) is 21.0. The number of aromatic nitrogens is 2. The Labute approximate surface area is 185 Å². The third-order valence-electron chi connectivity index (χ3n) is 4.73. The first-order valence-corrected chi connectivity index (χ1v) is 9.70. The fourth-order valence-electron chi connectivity index (χ4n) is 3.20. The Morgan fingerprint density at radius 3 is 2.50 bits per heavy atom. The predicted molar refractivity (Wildman–Crippen MR) is 121 cm³/mol. The molecule has 0 aliphatic rings. The average molecular weight is 448 g/mol. The lowest BCUT2D eigenvalue weighted by atomic mass is 10.1. The predicted octanol–water partition coefficient (Wildman–Crippen LogP) is 4.82. The molecular formula is C23H14ClN3O5. The summed E-state index contributed by atoms with van der Waals surface area (Å²) in [5, 5.41) is 20.9. The van der Waals surface area contributed by atoms with E-state index in [4.69, 9.17) is 16.7 Å². The van der Waals surface area contributed by atoms with Crippen LogP contribution in [0.15, 0.2) is 71.5 Å². The quantitative estimate of drug-likeness (QED) is 0.346. The van der Waals surface area contributed by atoms with E-state index in [-0.39, 0.29) is 22.6 Å². The van der Waals surface area contributed by atoms with E-state index in [9.17, 15) is 19.7 Å². The zero-order valence-corrected chi connectivity index (χ0v) is 17.1. The molecule has 9 heteroatoms. The summed E-state index contributed by atoms with van der Waals surface area (Å²) < 4.78 is 1.33. The van der Waals surface area contributed by atoms with Crippen LogP contribution < -0.4 is 5.56 Å². The highest BCUT2D eigenvalue weighted by Crippen LogP contribution is 2.20.